The predicted molar refractivity (Wildman–Crippen MR) is 28.5 cm³/mol. The second kappa shape index (κ2) is 1.45. The number of aliphatic hydroxyl groups excluding tert-OH is 1. The van der Waals surface area contributed by atoms with Crippen molar-refractivity contribution in [2.45, 2.75) is 25.0 Å². The van der Waals surface area contributed by atoms with Gasteiger partial charge in [-0.3, -0.25) is 0 Å². The van der Waals surface area contributed by atoms with Gasteiger partial charge in [0.05, 0.1) is 12.2 Å². The van der Waals surface area contributed by atoms with Crippen LogP contribution in [0, 0.1) is 5.92 Å². The summed E-state index contributed by atoms with van der Waals surface area (Å²) in [6, 6.07) is 0. The van der Waals surface area contributed by atoms with Crippen LogP contribution in [0.5, 0.6) is 0 Å². The molecule has 2 fully saturated rings. The summed E-state index contributed by atoms with van der Waals surface area (Å²) >= 11 is 0. The van der Waals surface area contributed by atoms with Crippen molar-refractivity contribution in [1.82, 2.24) is 0 Å². The van der Waals surface area contributed by atoms with Crippen LogP contribution in [0.1, 0.15) is 12.8 Å². The van der Waals surface area contributed by atoms with Crippen LogP contribution in [0.25, 0.3) is 0 Å². The number of hydrogen-bond donors (Lipinski definition) is 1. The molecule has 0 aromatic carbocycles. The van der Waals surface area contributed by atoms with Gasteiger partial charge in [0, 0.05) is 6.61 Å². The van der Waals surface area contributed by atoms with Gasteiger partial charge in [-0.25, -0.2) is 0 Å². The van der Waals surface area contributed by atoms with Gasteiger partial charge in [0.25, 0.3) is 0 Å². The highest BCUT2D eigenvalue weighted by Gasteiger charge is 2.47. The number of hydrogen-bond acceptors (Lipinski definition) is 2. The Morgan fingerprint density at radius 2 is 2.00 bits per heavy atom. The lowest BCUT2D eigenvalue weighted by Crippen LogP contribution is -2.03. The zero-order valence-corrected chi connectivity index (χ0v) is 4.71. The number of rotatable bonds is 1. The second-order valence-electron chi connectivity index (χ2n) is 2.73. The van der Waals surface area contributed by atoms with Crippen LogP contribution in [0.15, 0.2) is 0 Å². The third kappa shape index (κ3) is 0.565. The Morgan fingerprint density at radius 1 is 1.38 bits per heavy atom. The third-order valence-corrected chi connectivity index (χ3v) is 2.08. The molecule has 2 atom stereocenters. The first-order chi connectivity index (χ1) is 3.90. The highest BCUT2D eigenvalue weighted by Crippen LogP contribution is 2.41. The van der Waals surface area contributed by atoms with E-state index in [1.165, 1.54) is 0 Å². The molecule has 1 N–H and O–H groups in total. The quantitative estimate of drug-likeness (QED) is 0.492. The van der Waals surface area contributed by atoms with Crippen LogP contribution < -0.4 is 0 Å². The van der Waals surface area contributed by atoms with E-state index in [1.54, 1.807) is 0 Å². The van der Waals surface area contributed by atoms with E-state index >= 15 is 0 Å². The van der Waals surface area contributed by atoms with Crippen molar-refractivity contribution >= 4 is 0 Å². The van der Waals surface area contributed by atoms with E-state index in [9.17, 15) is 0 Å². The van der Waals surface area contributed by atoms with Crippen LogP contribution in [-0.2, 0) is 4.74 Å². The summed E-state index contributed by atoms with van der Waals surface area (Å²) in [5, 5.41) is 8.65. The molecule has 1 heterocycles. The van der Waals surface area contributed by atoms with Crippen molar-refractivity contribution in [3.05, 3.63) is 0 Å². The maximum absolute atomic E-state index is 8.65. The Labute approximate surface area is 48.5 Å². The predicted octanol–water partition coefficient (Wildman–Crippen LogP) is 0.156. The summed E-state index contributed by atoms with van der Waals surface area (Å²) in [7, 11) is 0. The molecule has 1 saturated carbocycles. The van der Waals surface area contributed by atoms with E-state index in [4.69, 9.17) is 9.84 Å². The first kappa shape index (κ1) is 4.77. The molecule has 0 spiro atoms. The zero-order valence-electron chi connectivity index (χ0n) is 4.71. The number of epoxide rings is 1. The SMILES string of the molecule is OCC1C[C@@H]2O[C@H]2C1. The summed E-state index contributed by atoms with van der Waals surface area (Å²) in [5.41, 5.74) is 0. The van der Waals surface area contributed by atoms with E-state index in [0.717, 1.165) is 12.8 Å². The van der Waals surface area contributed by atoms with Crippen LogP contribution in [0.2, 0.25) is 0 Å². The van der Waals surface area contributed by atoms with Crippen LogP contribution in [-0.4, -0.2) is 23.9 Å². The topological polar surface area (TPSA) is 32.8 Å². The Bertz CT molecular complexity index is 92.7. The molecule has 1 saturated heterocycles. The minimum absolute atomic E-state index is 0.358. The van der Waals surface area contributed by atoms with Crippen LogP contribution in [0.4, 0.5) is 0 Å². The maximum atomic E-state index is 8.65. The molecular formula is C6H10O2. The zero-order chi connectivity index (χ0) is 5.56. The van der Waals surface area contributed by atoms with Crippen molar-refractivity contribution < 1.29 is 9.84 Å². The third-order valence-electron chi connectivity index (χ3n) is 2.08. The van der Waals surface area contributed by atoms with Crippen molar-refractivity contribution in [3.8, 4) is 0 Å². The highest BCUT2D eigenvalue weighted by molar-refractivity contribution is 4.95. The molecule has 0 unspecified atom stereocenters. The van der Waals surface area contributed by atoms with E-state index in [-0.39, 0.29) is 0 Å². The Morgan fingerprint density at radius 3 is 2.38 bits per heavy atom. The van der Waals surface area contributed by atoms with Crippen molar-refractivity contribution in [3.63, 3.8) is 0 Å². The van der Waals surface area contributed by atoms with E-state index in [0.29, 0.717) is 24.7 Å². The lowest BCUT2D eigenvalue weighted by atomic mass is 10.1. The molecule has 1 aliphatic carbocycles. The van der Waals surface area contributed by atoms with E-state index in [2.05, 4.69) is 0 Å². The molecule has 0 amide bonds. The van der Waals surface area contributed by atoms with Crippen LogP contribution >= 0.6 is 0 Å². The Kier molecular flexibility index (Phi) is 0.866. The van der Waals surface area contributed by atoms with Crippen molar-refractivity contribution in [2.75, 3.05) is 6.61 Å². The summed E-state index contributed by atoms with van der Waals surface area (Å²) in [5.74, 6) is 0.554. The molecule has 8 heavy (non-hydrogen) atoms. The average Bonchev–Trinajstić information content (AvgIpc) is 2.40. The first-order valence-corrected chi connectivity index (χ1v) is 3.16. The maximum Gasteiger partial charge on any atom is 0.0845 e. The Balaban J connectivity index is 1.89. The molecular weight excluding hydrogens is 104 g/mol. The lowest BCUT2D eigenvalue weighted by molar-refractivity contribution is 0.181. The summed E-state index contributed by atoms with van der Waals surface area (Å²) in [4.78, 5) is 0. The van der Waals surface area contributed by atoms with Crippen LogP contribution in [0.3, 0.4) is 0 Å². The number of fused-ring (bicyclic) bond motifs is 1. The van der Waals surface area contributed by atoms with Gasteiger partial charge in [0.15, 0.2) is 0 Å². The molecule has 0 aromatic rings. The fourth-order valence-electron chi connectivity index (χ4n) is 1.50. The van der Waals surface area contributed by atoms with Gasteiger partial charge >= 0.3 is 0 Å². The van der Waals surface area contributed by atoms with E-state index < -0.39 is 0 Å². The van der Waals surface area contributed by atoms with Crippen molar-refractivity contribution in [2.24, 2.45) is 5.92 Å². The minimum Gasteiger partial charge on any atom is -0.396 e. The monoisotopic (exact) mass is 114 g/mol. The van der Waals surface area contributed by atoms with Gasteiger partial charge in [-0.1, -0.05) is 0 Å². The fraction of sp³-hybridized carbons (Fsp3) is 1.00. The molecule has 0 aromatic heterocycles. The van der Waals surface area contributed by atoms with Gasteiger partial charge in [-0.15, -0.1) is 0 Å². The summed E-state index contributed by atoms with van der Waals surface area (Å²) < 4.78 is 5.17. The molecule has 46 valence electrons. The van der Waals surface area contributed by atoms with Gasteiger partial charge in [-0.05, 0) is 18.8 Å². The Hall–Kier alpha value is -0.0800. The molecule has 2 heteroatoms. The summed E-state index contributed by atoms with van der Waals surface area (Å²) in [6.07, 6.45) is 3.27. The molecule has 2 rings (SSSR count). The van der Waals surface area contributed by atoms with Crippen molar-refractivity contribution in [1.29, 1.82) is 0 Å². The normalized spacial score (nSPS) is 44.6. The second-order valence-corrected chi connectivity index (χ2v) is 2.73. The lowest BCUT2D eigenvalue weighted by Gasteiger charge is -2.03. The van der Waals surface area contributed by atoms with Gasteiger partial charge in [0.1, 0.15) is 0 Å². The first-order valence-electron chi connectivity index (χ1n) is 3.16. The number of ether oxygens (including phenoxy) is 1. The number of aliphatic hydroxyl groups is 1. The standard InChI is InChI=1S/C6H10O2/c7-3-4-1-5-6(2-4)8-5/h4-7H,1-3H2/t5-,6-/m0/s1. The minimum atomic E-state index is 0.358. The molecule has 0 bridgehead atoms. The molecule has 2 aliphatic rings. The largest absolute Gasteiger partial charge is 0.396 e. The fourth-order valence-corrected chi connectivity index (χ4v) is 1.50. The molecule has 2 nitrogen and oxygen atoms in total. The summed E-state index contributed by atoms with van der Waals surface area (Å²) in [6.45, 7) is 0.358. The van der Waals surface area contributed by atoms with Gasteiger partial charge < -0.3 is 9.84 Å². The highest BCUT2D eigenvalue weighted by atomic mass is 16.6. The molecule has 0 radical (unpaired) electrons. The average molecular weight is 114 g/mol. The van der Waals surface area contributed by atoms with Gasteiger partial charge in [-0.2, -0.15) is 0 Å². The smallest absolute Gasteiger partial charge is 0.0845 e. The van der Waals surface area contributed by atoms with E-state index in [1.807, 2.05) is 0 Å². The molecule has 1 aliphatic heterocycles. The van der Waals surface area contributed by atoms with Gasteiger partial charge in [0.2, 0.25) is 0 Å².